The van der Waals surface area contributed by atoms with Crippen molar-refractivity contribution < 1.29 is 13.9 Å². The Labute approximate surface area is 91.0 Å². The number of nitrogens with zero attached hydrogens (tertiary/aromatic N) is 1. The Bertz CT molecular complexity index is 440. The Balaban J connectivity index is 3.23. The van der Waals surface area contributed by atoms with E-state index in [9.17, 15) is 9.18 Å². The SMILES string of the molecule is CCOC(=O)c1cc(C#N)cc(Cl)c1F. The number of carbonyl (C=O) groups excluding carboxylic acids is 1. The Hall–Kier alpha value is -1.60. The van der Waals surface area contributed by atoms with E-state index >= 15 is 0 Å². The largest absolute Gasteiger partial charge is 0.462 e. The Morgan fingerprint density at radius 2 is 2.33 bits per heavy atom. The highest BCUT2D eigenvalue weighted by atomic mass is 35.5. The van der Waals surface area contributed by atoms with Crippen molar-refractivity contribution in [3.8, 4) is 6.07 Å². The predicted octanol–water partition coefficient (Wildman–Crippen LogP) is 2.53. The van der Waals surface area contributed by atoms with Gasteiger partial charge in [-0.1, -0.05) is 11.6 Å². The van der Waals surface area contributed by atoms with Gasteiger partial charge in [-0.3, -0.25) is 0 Å². The number of rotatable bonds is 2. The summed E-state index contributed by atoms with van der Waals surface area (Å²) in [4.78, 5) is 11.3. The lowest BCUT2D eigenvalue weighted by molar-refractivity contribution is 0.0521. The molecule has 0 saturated heterocycles. The highest BCUT2D eigenvalue weighted by Gasteiger charge is 2.17. The number of esters is 1. The molecule has 0 unspecified atom stereocenters. The van der Waals surface area contributed by atoms with Gasteiger partial charge in [-0.2, -0.15) is 5.26 Å². The van der Waals surface area contributed by atoms with Crippen LogP contribution in [0.4, 0.5) is 4.39 Å². The molecule has 0 aromatic heterocycles. The van der Waals surface area contributed by atoms with E-state index in [-0.39, 0.29) is 22.8 Å². The average molecular weight is 228 g/mol. The molecule has 0 N–H and O–H groups in total. The van der Waals surface area contributed by atoms with E-state index in [0.29, 0.717) is 0 Å². The molecule has 1 aromatic rings. The molecule has 3 nitrogen and oxygen atoms in total. The first-order chi connectivity index (χ1) is 7.10. The monoisotopic (exact) mass is 227 g/mol. The van der Waals surface area contributed by atoms with Crippen LogP contribution in [0, 0.1) is 17.1 Å². The second-order valence-corrected chi connectivity index (χ2v) is 3.06. The van der Waals surface area contributed by atoms with Crippen molar-refractivity contribution in [3.63, 3.8) is 0 Å². The molecule has 0 aliphatic heterocycles. The van der Waals surface area contributed by atoms with Crippen LogP contribution < -0.4 is 0 Å². The number of hydrogen-bond donors (Lipinski definition) is 0. The van der Waals surface area contributed by atoms with Crippen LogP contribution in [0.3, 0.4) is 0 Å². The minimum Gasteiger partial charge on any atom is -0.462 e. The van der Waals surface area contributed by atoms with E-state index < -0.39 is 11.8 Å². The molecule has 5 heteroatoms. The molecule has 0 aliphatic carbocycles. The number of hydrogen-bond acceptors (Lipinski definition) is 3. The van der Waals surface area contributed by atoms with Crippen molar-refractivity contribution >= 4 is 17.6 Å². The second kappa shape index (κ2) is 4.76. The summed E-state index contributed by atoms with van der Waals surface area (Å²) >= 11 is 5.51. The van der Waals surface area contributed by atoms with E-state index in [0.717, 1.165) is 12.1 Å². The smallest absolute Gasteiger partial charge is 0.341 e. The molecule has 0 aliphatic rings. The van der Waals surface area contributed by atoms with E-state index in [1.807, 2.05) is 0 Å². The van der Waals surface area contributed by atoms with Crippen molar-refractivity contribution in [3.05, 3.63) is 34.1 Å². The highest BCUT2D eigenvalue weighted by Crippen LogP contribution is 2.21. The summed E-state index contributed by atoms with van der Waals surface area (Å²) in [5.74, 6) is -1.69. The van der Waals surface area contributed by atoms with Gasteiger partial charge < -0.3 is 4.74 Å². The van der Waals surface area contributed by atoms with Gasteiger partial charge >= 0.3 is 5.97 Å². The van der Waals surface area contributed by atoms with Crippen LogP contribution in [-0.4, -0.2) is 12.6 Å². The lowest BCUT2D eigenvalue weighted by Crippen LogP contribution is -2.08. The zero-order chi connectivity index (χ0) is 11.4. The maximum absolute atomic E-state index is 13.3. The minimum absolute atomic E-state index is 0.115. The third kappa shape index (κ3) is 2.45. The fourth-order valence-electron chi connectivity index (χ4n) is 1.01. The maximum Gasteiger partial charge on any atom is 0.341 e. The standard InChI is InChI=1S/C10H7ClFNO2/c1-2-15-10(14)7-3-6(5-13)4-8(11)9(7)12/h3-4H,2H2,1H3. The van der Waals surface area contributed by atoms with Gasteiger partial charge in [-0.15, -0.1) is 0 Å². The predicted molar refractivity (Wildman–Crippen MR) is 52.1 cm³/mol. The fraction of sp³-hybridized carbons (Fsp3) is 0.200. The molecule has 0 heterocycles. The van der Waals surface area contributed by atoms with Crippen LogP contribution in [0.5, 0.6) is 0 Å². The van der Waals surface area contributed by atoms with Crippen molar-refractivity contribution in [1.29, 1.82) is 5.26 Å². The van der Waals surface area contributed by atoms with Crippen LogP contribution in [0.15, 0.2) is 12.1 Å². The summed E-state index contributed by atoms with van der Waals surface area (Å²) in [6, 6.07) is 4.04. The first kappa shape index (κ1) is 11.5. The quantitative estimate of drug-likeness (QED) is 0.730. The molecule has 0 fully saturated rings. The van der Waals surface area contributed by atoms with E-state index in [1.54, 1.807) is 13.0 Å². The first-order valence-corrected chi connectivity index (χ1v) is 4.54. The summed E-state index contributed by atoms with van der Waals surface area (Å²) in [5, 5.41) is 8.34. The summed E-state index contributed by atoms with van der Waals surface area (Å²) in [6.45, 7) is 1.73. The van der Waals surface area contributed by atoms with Gasteiger partial charge in [0.1, 0.15) is 0 Å². The molecule has 0 saturated carbocycles. The van der Waals surface area contributed by atoms with Gasteiger partial charge in [0, 0.05) is 0 Å². The zero-order valence-electron chi connectivity index (χ0n) is 7.88. The zero-order valence-corrected chi connectivity index (χ0v) is 8.64. The molecule has 0 spiro atoms. The van der Waals surface area contributed by atoms with Gasteiger partial charge in [0.15, 0.2) is 5.82 Å². The summed E-state index contributed by atoms with van der Waals surface area (Å²) < 4.78 is 18.0. The molecule has 78 valence electrons. The van der Waals surface area contributed by atoms with Crippen LogP contribution >= 0.6 is 11.6 Å². The van der Waals surface area contributed by atoms with Crippen molar-refractivity contribution in [1.82, 2.24) is 0 Å². The molecule has 1 aromatic carbocycles. The van der Waals surface area contributed by atoms with Crippen molar-refractivity contribution in [2.24, 2.45) is 0 Å². The lowest BCUT2D eigenvalue weighted by atomic mass is 10.1. The third-order valence-electron chi connectivity index (χ3n) is 1.65. The fourth-order valence-corrected chi connectivity index (χ4v) is 1.23. The van der Waals surface area contributed by atoms with Gasteiger partial charge in [-0.05, 0) is 19.1 Å². The summed E-state index contributed by atoms with van der Waals surface area (Å²) in [7, 11) is 0. The average Bonchev–Trinajstić information content (AvgIpc) is 2.22. The molecular formula is C10H7ClFNO2. The van der Waals surface area contributed by atoms with Gasteiger partial charge in [-0.25, -0.2) is 9.18 Å². The summed E-state index contributed by atoms with van der Waals surface area (Å²) in [5.41, 5.74) is -0.203. The number of halogens is 2. The van der Waals surface area contributed by atoms with Gasteiger partial charge in [0.25, 0.3) is 0 Å². The Morgan fingerprint density at radius 1 is 1.67 bits per heavy atom. The number of nitriles is 1. The third-order valence-corrected chi connectivity index (χ3v) is 1.93. The van der Waals surface area contributed by atoms with Crippen LogP contribution in [-0.2, 0) is 4.74 Å². The number of benzene rings is 1. The normalized spacial score (nSPS) is 9.47. The van der Waals surface area contributed by atoms with Gasteiger partial charge in [0.2, 0.25) is 0 Å². The first-order valence-electron chi connectivity index (χ1n) is 4.16. The van der Waals surface area contributed by atoms with E-state index in [1.165, 1.54) is 0 Å². The Kier molecular flexibility index (Phi) is 3.64. The number of carbonyl (C=O) groups is 1. The molecule has 0 bridgehead atoms. The van der Waals surface area contributed by atoms with Crippen LogP contribution in [0.25, 0.3) is 0 Å². The molecule has 15 heavy (non-hydrogen) atoms. The molecular weight excluding hydrogens is 221 g/mol. The van der Waals surface area contributed by atoms with E-state index in [2.05, 4.69) is 4.74 Å². The Morgan fingerprint density at radius 3 is 2.87 bits per heavy atom. The van der Waals surface area contributed by atoms with E-state index in [4.69, 9.17) is 16.9 Å². The molecule has 0 atom stereocenters. The molecule has 1 rings (SSSR count). The maximum atomic E-state index is 13.3. The van der Waals surface area contributed by atoms with Crippen LogP contribution in [0.2, 0.25) is 5.02 Å². The van der Waals surface area contributed by atoms with Crippen molar-refractivity contribution in [2.45, 2.75) is 6.92 Å². The van der Waals surface area contributed by atoms with Crippen LogP contribution in [0.1, 0.15) is 22.8 Å². The molecule has 0 radical (unpaired) electrons. The minimum atomic E-state index is -0.867. The molecule has 0 amide bonds. The highest BCUT2D eigenvalue weighted by molar-refractivity contribution is 6.31. The second-order valence-electron chi connectivity index (χ2n) is 2.65. The topological polar surface area (TPSA) is 50.1 Å². The van der Waals surface area contributed by atoms with Gasteiger partial charge in [0.05, 0.1) is 28.8 Å². The lowest BCUT2D eigenvalue weighted by Gasteiger charge is -2.04. The number of ether oxygens (including phenoxy) is 1. The van der Waals surface area contributed by atoms with Crippen molar-refractivity contribution in [2.75, 3.05) is 6.61 Å². The summed E-state index contributed by atoms with van der Waals surface area (Å²) in [6.07, 6.45) is 0.